The molecule has 1 heterocycles. The van der Waals surface area contributed by atoms with Crippen LogP contribution in [0.15, 0.2) is 0 Å². The summed E-state index contributed by atoms with van der Waals surface area (Å²) in [7, 11) is 1.52. The topological polar surface area (TPSA) is 104 Å². The largest absolute Gasteiger partial charge is 0.297 e. The average molecular weight is 183 g/mol. The summed E-state index contributed by atoms with van der Waals surface area (Å²) in [5.41, 5.74) is 1.10. The zero-order valence-electron chi connectivity index (χ0n) is 7.20. The third kappa shape index (κ3) is 1.70. The van der Waals surface area contributed by atoms with Crippen molar-refractivity contribution in [1.82, 2.24) is 20.2 Å². The van der Waals surface area contributed by atoms with Gasteiger partial charge in [-0.25, -0.2) is 15.1 Å². The van der Waals surface area contributed by atoms with Gasteiger partial charge >= 0.3 is 0 Å². The minimum atomic E-state index is -0.814. The van der Waals surface area contributed by atoms with Crippen LogP contribution in [0.1, 0.15) is 16.3 Å². The molecule has 13 heavy (non-hydrogen) atoms. The first-order valence-corrected chi connectivity index (χ1v) is 3.47. The highest BCUT2D eigenvalue weighted by Gasteiger charge is 2.10. The van der Waals surface area contributed by atoms with Crippen LogP contribution in [0.3, 0.4) is 0 Å². The molecule has 70 valence electrons. The standard InChI is InChI=1S/C6H9N5O2/c1-3-8-4(6(12)10-13)5(7)11(2)9-3/h7,13H,1-2H3,(H,10,12). The molecule has 1 rings (SSSR count). The number of amides is 1. The molecule has 0 bridgehead atoms. The minimum Gasteiger partial charge on any atom is -0.288 e. The number of aryl methyl sites for hydroxylation is 2. The van der Waals surface area contributed by atoms with Crippen LogP contribution in [0.25, 0.3) is 0 Å². The first-order valence-electron chi connectivity index (χ1n) is 3.47. The van der Waals surface area contributed by atoms with Crippen molar-refractivity contribution in [1.29, 1.82) is 5.41 Å². The van der Waals surface area contributed by atoms with Crippen molar-refractivity contribution in [3.8, 4) is 0 Å². The van der Waals surface area contributed by atoms with E-state index in [1.54, 1.807) is 6.92 Å². The summed E-state index contributed by atoms with van der Waals surface area (Å²) in [4.78, 5) is 14.7. The van der Waals surface area contributed by atoms with E-state index in [9.17, 15) is 4.79 Å². The van der Waals surface area contributed by atoms with Gasteiger partial charge in [0.1, 0.15) is 5.82 Å². The fourth-order valence-electron chi connectivity index (χ4n) is 0.869. The van der Waals surface area contributed by atoms with E-state index in [0.717, 1.165) is 0 Å². The summed E-state index contributed by atoms with van der Waals surface area (Å²) in [6.07, 6.45) is 0. The van der Waals surface area contributed by atoms with Crippen molar-refractivity contribution in [3.63, 3.8) is 0 Å². The molecule has 1 aromatic rings. The van der Waals surface area contributed by atoms with Gasteiger partial charge < -0.3 is 0 Å². The Morgan fingerprint density at radius 2 is 2.31 bits per heavy atom. The van der Waals surface area contributed by atoms with Crippen molar-refractivity contribution < 1.29 is 10.0 Å². The van der Waals surface area contributed by atoms with Crippen LogP contribution in [-0.4, -0.2) is 25.9 Å². The summed E-state index contributed by atoms with van der Waals surface area (Å²) in [5, 5.41) is 19.5. The van der Waals surface area contributed by atoms with E-state index >= 15 is 0 Å². The Hall–Kier alpha value is -1.76. The number of hydrogen-bond donors (Lipinski definition) is 3. The number of hydrogen-bond acceptors (Lipinski definition) is 5. The normalized spacial score (nSPS) is 9.77. The molecule has 0 aromatic carbocycles. The van der Waals surface area contributed by atoms with Crippen LogP contribution in [0, 0.1) is 12.3 Å². The summed E-state index contributed by atoms with van der Waals surface area (Å²) in [6.45, 7) is 1.59. The maximum atomic E-state index is 11.0. The Balaban J connectivity index is 3.37. The molecular formula is C6H9N5O2. The lowest BCUT2D eigenvalue weighted by atomic mass is 10.4. The lowest BCUT2D eigenvalue weighted by Gasteiger charge is -2.03. The third-order valence-corrected chi connectivity index (χ3v) is 1.43. The molecule has 0 spiro atoms. The van der Waals surface area contributed by atoms with Crippen molar-refractivity contribution >= 4 is 5.91 Å². The summed E-state index contributed by atoms with van der Waals surface area (Å²) >= 11 is 0. The third-order valence-electron chi connectivity index (χ3n) is 1.43. The van der Waals surface area contributed by atoms with Crippen LogP contribution >= 0.6 is 0 Å². The highest BCUT2D eigenvalue weighted by atomic mass is 16.5. The first-order chi connectivity index (χ1) is 6.06. The zero-order valence-corrected chi connectivity index (χ0v) is 7.20. The monoisotopic (exact) mass is 183 g/mol. The summed E-state index contributed by atoms with van der Waals surface area (Å²) in [6, 6.07) is 0. The van der Waals surface area contributed by atoms with E-state index < -0.39 is 5.91 Å². The van der Waals surface area contributed by atoms with Gasteiger partial charge in [-0.05, 0) is 6.92 Å². The second-order valence-corrected chi connectivity index (χ2v) is 2.42. The van der Waals surface area contributed by atoms with Crippen LogP contribution in [0.2, 0.25) is 0 Å². The van der Waals surface area contributed by atoms with E-state index in [4.69, 9.17) is 10.6 Å². The molecule has 1 amide bonds. The fraction of sp³-hybridized carbons (Fsp3) is 0.333. The van der Waals surface area contributed by atoms with Gasteiger partial charge in [0, 0.05) is 7.05 Å². The van der Waals surface area contributed by atoms with Crippen molar-refractivity contribution in [2.24, 2.45) is 7.05 Å². The number of nitrogens with zero attached hydrogens (tertiary/aromatic N) is 3. The Morgan fingerprint density at radius 1 is 1.69 bits per heavy atom. The number of carbonyl (C=O) groups excluding carboxylic acids is 1. The number of nitrogens with one attached hydrogen (secondary N) is 2. The van der Waals surface area contributed by atoms with Gasteiger partial charge in [0.25, 0.3) is 5.91 Å². The molecule has 0 radical (unpaired) electrons. The minimum absolute atomic E-state index is 0.155. The first kappa shape index (κ1) is 9.33. The Labute approximate surface area is 73.5 Å². The van der Waals surface area contributed by atoms with Gasteiger partial charge in [-0.15, -0.1) is 0 Å². The Kier molecular flexibility index (Phi) is 2.38. The number of hydroxylamine groups is 1. The molecule has 0 saturated heterocycles. The number of aromatic nitrogens is 3. The quantitative estimate of drug-likeness (QED) is 0.372. The number of rotatable bonds is 1. The molecule has 0 fully saturated rings. The lowest BCUT2D eigenvalue weighted by molar-refractivity contribution is 0.0696. The molecule has 1 aromatic heterocycles. The van der Waals surface area contributed by atoms with Gasteiger partial charge in [-0.2, -0.15) is 5.10 Å². The van der Waals surface area contributed by atoms with Crippen molar-refractivity contribution in [2.75, 3.05) is 0 Å². The molecule has 0 aliphatic heterocycles. The summed E-state index contributed by atoms with van der Waals surface area (Å²) in [5.74, 6) is -0.455. The molecule has 3 N–H and O–H groups in total. The summed E-state index contributed by atoms with van der Waals surface area (Å²) < 4.78 is 1.20. The highest BCUT2D eigenvalue weighted by molar-refractivity contribution is 5.90. The Bertz CT molecular complexity index is 397. The molecule has 0 saturated carbocycles. The highest BCUT2D eigenvalue weighted by Crippen LogP contribution is 1.86. The maximum Gasteiger partial charge on any atom is 0.297 e. The molecular weight excluding hydrogens is 174 g/mol. The van der Waals surface area contributed by atoms with Crippen molar-refractivity contribution in [2.45, 2.75) is 6.92 Å². The molecule has 7 heteroatoms. The number of carbonyl (C=O) groups is 1. The van der Waals surface area contributed by atoms with Gasteiger partial charge in [-0.1, -0.05) is 0 Å². The molecule has 0 aliphatic carbocycles. The van der Waals surface area contributed by atoms with Crippen molar-refractivity contribution in [3.05, 3.63) is 17.0 Å². The molecule has 0 unspecified atom stereocenters. The van der Waals surface area contributed by atoms with Crippen LogP contribution in [0.5, 0.6) is 0 Å². The average Bonchev–Trinajstić information content (AvgIpc) is 2.10. The van der Waals surface area contributed by atoms with Gasteiger partial charge in [0.2, 0.25) is 0 Å². The second-order valence-electron chi connectivity index (χ2n) is 2.42. The van der Waals surface area contributed by atoms with E-state index in [0.29, 0.717) is 5.82 Å². The van der Waals surface area contributed by atoms with Gasteiger partial charge in [0.15, 0.2) is 11.2 Å². The van der Waals surface area contributed by atoms with E-state index in [2.05, 4.69) is 10.1 Å². The van der Waals surface area contributed by atoms with Gasteiger partial charge in [0.05, 0.1) is 0 Å². The van der Waals surface area contributed by atoms with Crippen LogP contribution < -0.4 is 11.0 Å². The lowest BCUT2D eigenvalue weighted by Crippen LogP contribution is -2.34. The van der Waals surface area contributed by atoms with Crippen LogP contribution in [-0.2, 0) is 7.05 Å². The predicted octanol–water partition coefficient (Wildman–Crippen LogP) is -1.28. The maximum absolute atomic E-state index is 11.0. The van der Waals surface area contributed by atoms with Gasteiger partial charge in [-0.3, -0.25) is 15.4 Å². The predicted molar refractivity (Wildman–Crippen MR) is 40.8 cm³/mol. The molecule has 0 atom stereocenters. The van der Waals surface area contributed by atoms with Crippen LogP contribution in [0.4, 0.5) is 0 Å². The second kappa shape index (κ2) is 3.31. The SMILES string of the molecule is Cc1nc(C(=O)NO)c(=N)n(C)n1. The smallest absolute Gasteiger partial charge is 0.288 e. The van der Waals surface area contributed by atoms with E-state index in [-0.39, 0.29) is 11.2 Å². The molecule has 0 aliphatic rings. The molecule has 7 nitrogen and oxygen atoms in total. The fourth-order valence-corrected chi connectivity index (χ4v) is 0.869. The Morgan fingerprint density at radius 3 is 2.85 bits per heavy atom. The zero-order chi connectivity index (χ0) is 10.0. The van der Waals surface area contributed by atoms with E-state index in [1.807, 2.05) is 0 Å². The van der Waals surface area contributed by atoms with E-state index in [1.165, 1.54) is 17.2 Å².